The molecule has 0 spiro atoms. The van der Waals surface area contributed by atoms with Crippen molar-refractivity contribution in [1.29, 1.82) is 0 Å². The van der Waals surface area contributed by atoms with Gasteiger partial charge in [-0.3, -0.25) is 9.59 Å². The molecule has 1 N–H and O–H groups in total. The van der Waals surface area contributed by atoms with Crippen LogP contribution in [0.15, 0.2) is 46.9 Å². The van der Waals surface area contributed by atoms with E-state index >= 15 is 0 Å². The van der Waals surface area contributed by atoms with Crippen molar-refractivity contribution >= 4 is 33.5 Å². The maximum absolute atomic E-state index is 11.9. The van der Waals surface area contributed by atoms with E-state index < -0.39 is 5.97 Å². The molecule has 0 unspecified atom stereocenters. The van der Waals surface area contributed by atoms with Gasteiger partial charge in [0.05, 0.1) is 12.3 Å². The molecular formula is C20H22BrNO4. The number of esters is 1. The van der Waals surface area contributed by atoms with E-state index in [1.165, 1.54) is 0 Å². The minimum atomic E-state index is -0.420. The highest BCUT2D eigenvalue weighted by atomic mass is 79.9. The van der Waals surface area contributed by atoms with Gasteiger partial charge in [-0.05, 0) is 71.6 Å². The smallest absolute Gasteiger partial charge is 0.306 e. The number of amides is 1. The minimum absolute atomic E-state index is 0.202. The number of ether oxygens (including phenoxy) is 2. The van der Waals surface area contributed by atoms with Crippen molar-refractivity contribution in [3.8, 4) is 5.75 Å². The summed E-state index contributed by atoms with van der Waals surface area (Å²) in [5.74, 6) is -0.0173. The number of anilines is 1. The van der Waals surface area contributed by atoms with Gasteiger partial charge in [-0.2, -0.15) is 0 Å². The van der Waals surface area contributed by atoms with Crippen LogP contribution in [0, 0.1) is 13.8 Å². The van der Waals surface area contributed by atoms with E-state index in [-0.39, 0.29) is 18.9 Å². The lowest BCUT2D eigenvalue weighted by Gasteiger charge is -2.09. The highest BCUT2D eigenvalue weighted by Crippen LogP contribution is 2.23. The molecule has 0 atom stereocenters. The Labute approximate surface area is 161 Å². The number of carbonyl (C=O) groups is 2. The van der Waals surface area contributed by atoms with Crippen LogP contribution in [0.1, 0.15) is 24.0 Å². The first-order chi connectivity index (χ1) is 12.4. The lowest BCUT2D eigenvalue weighted by atomic mass is 10.2. The van der Waals surface area contributed by atoms with Gasteiger partial charge >= 0.3 is 5.97 Å². The number of rotatable bonds is 8. The third-order valence-electron chi connectivity index (χ3n) is 3.55. The fourth-order valence-electron chi connectivity index (χ4n) is 2.24. The van der Waals surface area contributed by atoms with Gasteiger partial charge in [0.1, 0.15) is 5.75 Å². The monoisotopic (exact) mass is 419 g/mol. The number of hydrogen-bond acceptors (Lipinski definition) is 4. The molecule has 2 aromatic carbocycles. The molecule has 6 heteroatoms. The number of carbonyl (C=O) groups excluding carboxylic acids is 2. The zero-order chi connectivity index (χ0) is 18.9. The Kier molecular flexibility index (Phi) is 7.66. The molecule has 0 saturated carbocycles. The molecule has 0 aliphatic heterocycles. The zero-order valence-electron chi connectivity index (χ0n) is 14.9. The number of hydrogen-bond donors (Lipinski definition) is 1. The molecule has 2 rings (SSSR count). The largest absolute Gasteiger partial charge is 0.494 e. The summed E-state index contributed by atoms with van der Waals surface area (Å²) in [5, 5.41) is 2.70. The van der Waals surface area contributed by atoms with Crippen LogP contribution in [0.2, 0.25) is 0 Å². The van der Waals surface area contributed by atoms with Crippen molar-refractivity contribution < 1.29 is 19.1 Å². The molecule has 26 heavy (non-hydrogen) atoms. The molecule has 0 aliphatic carbocycles. The molecule has 0 aliphatic rings. The Balaban J connectivity index is 1.64. The predicted octanol–water partition coefficient (Wildman–Crippen LogP) is 4.41. The van der Waals surface area contributed by atoms with Crippen LogP contribution in [-0.2, 0) is 14.3 Å². The van der Waals surface area contributed by atoms with E-state index in [0.29, 0.717) is 18.7 Å². The number of benzene rings is 2. The van der Waals surface area contributed by atoms with E-state index in [1.807, 2.05) is 50.2 Å². The van der Waals surface area contributed by atoms with Crippen LogP contribution in [-0.4, -0.2) is 25.1 Å². The summed E-state index contributed by atoms with van der Waals surface area (Å²) in [5.41, 5.74) is 2.84. The normalized spacial score (nSPS) is 10.3. The Hall–Kier alpha value is -2.34. The zero-order valence-corrected chi connectivity index (χ0v) is 16.5. The molecule has 0 aromatic heterocycles. The first kappa shape index (κ1) is 20.0. The summed E-state index contributed by atoms with van der Waals surface area (Å²) in [6, 6.07) is 13.3. The van der Waals surface area contributed by atoms with Crippen LogP contribution >= 0.6 is 15.9 Å². The highest BCUT2D eigenvalue weighted by Gasteiger charge is 2.09. The molecule has 0 heterocycles. The second-order valence-electron chi connectivity index (χ2n) is 5.96. The summed E-state index contributed by atoms with van der Waals surface area (Å²) in [6.45, 7) is 4.06. The average Bonchev–Trinajstić information content (AvgIpc) is 2.59. The Morgan fingerprint density at radius 1 is 1.08 bits per heavy atom. The number of halogens is 1. The quantitative estimate of drug-likeness (QED) is 0.508. The minimum Gasteiger partial charge on any atom is -0.494 e. The summed E-state index contributed by atoms with van der Waals surface area (Å²) in [4.78, 5) is 23.6. The fraction of sp³-hybridized carbons (Fsp3) is 0.300. The van der Waals surface area contributed by atoms with Gasteiger partial charge in [-0.25, -0.2) is 0 Å². The molecule has 0 saturated heterocycles. The molecule has 2 aromatic rings. The Bertz CT molecular complexity index is 776. The van der Waals surface area contributed by atoms with Gasteiger partial charge in [0, 0.05) is 10.9 Å². The second kappa shape index (κ2) is 9.97. The summed E-state index contributed by atoms with van der Waals surface area (Å²) in [6.07, 6.45) is 0.727. The summed E-state index contributed by atoms with van der Waals surface area (Å²) < 4.78 is 11.3. The molecular weight excluding hydrogens is 398 g/mol. The van der Waals surface area contributed by atoms with Gasteiger partial charge in [-0.1, -0.05) is 18.2 Å². The molecule has 0 radical (unpaired) electrons. The third kappa shape index (κ3) is 6.88. The van der Waals surface area contributed by atoms with Crippen LogP contribution in [0.4, 0.5) is 5.69 Å². The third-order valence-corrected chi connectivity index (χ3v) is 4.20. The maximum atomic E-state index is 11.9. The van der Waals surface area contributed by atoms with Gasteiger partial charge in [0.2, 0.25) is 0 Å². The Morgan fingerprint density at radius 2 is 1.85 bits per heavy atom. The van der Waals surface area contributed by atoms with Crippen LogP contribution in [0.3, 0.4) is 0 Å². The van der Waals surface area contributed by atoms with Gasteiger partial charge in [0.25, 0.3) is 5.91 Å². The van der Waals surface area contributed by atoms with Gasteiger partial charge < -0.3 is 14.8 Å². The molecule has 1 amide bonds. The number of aryl methyl sites for hydroxylation is 2. The van der Waals surface area contributed by atoms with Crippen molar-refractivity contribution in [3.05, 3.63) is 58.1 Å². The van der Waals surface area contributed by atoms with Crippen molar-refractivity contribution in [2.75, 3.05) is 18.5 Å². The first-order valence-corrected chi connectivity index (χ1v) is 9.14. The Morgan fingerprint density at radius 3 is 2.58 bits per heavy atom. The van der Waals surface area contributed by atoms with E-state index in [1.54, 1.807) is 6.07 Å². The summed E-state index contributed by atoms with van der Waals surface area (Å²) in [7, 11) is 0. The lowest BCUT2D eigenvalue weighted by molar-refractivity contribution is -0.147. The standard InChI is InChI=1S/C20H22BrNO4/c1-14-5-3-6-16(11-14)25-10-4-7-20(24)26-13-19(23)22-18-9-8-15(2)12-17(18)21/h3,5-6,8-9,11-12H,4,7,10,13H2,1-2H3,(H,22,23). The van der Waals surface area contributed by atoms with Crippen molar-refractivity contribution in [2.24, 2.45) is 0 Å². The van der Waals surface area contributed by atoms with Gasteiger partial charge in [-0.15, -0.1) is 0 Å². The predicted molar refractivity (Wildman–Crippen MR) is 104 cm³/mol. The van der Waals surface area contributed by atoms with Crippen molar-refractivity contribution in [2.45, 2.75) is 26.7 Å². The lowest BCUT2D eigenvalue weighted by Crippen LogP contribution is -2.21. The highest BCUT2D eigenvalue weighted by molar-refractivity contribution is 9.10. The van der Waals surface area contributed by atoms with Gasteiger partial charge in [0.15, 0.2) is 6.61 Å². The van der Waals surface area contributed by atoms with Crippen LogP contribution in [0.5, 0.6) is 5.75 Å². The number of nitrogens with one attached hydrogen (secondary N) is 1. The molecule has 138 valence electrons. The fourth-order valence-corrected chi connectivity index (χ4v) is 2.83. The van der Waals surface area contributed by atoms with Crippen LogP contribution < -0.4 is 10.1 Å². The van der Waals surface area contributed by atoms with E-state index in [0.717, 1.165) is 21.3 Å². The van der Waals surface area contributed by atoms with Crippen LogP contribution in [0.25, 0.3) is 0 Å². The van der Waals surface area contributed by atoms with E-state index in [2.05, 4.69) is 21.2 Å². The van der Waals surface area contributed by atoms with E-state index in [4.69, 9.17) is 9.47 Å². The van der Waals surface area contributed by atoms with E-state index in [9.17, 15) is 9.59 Å². The molecule has 5 nitrogen and oxygen atoms in total. The first-order valence-electron chi connectivity index (χ1n) is 8.35. The summed E-state index contributed by atoms with van der Waals surface area (Å²) >= 11 is 3.39. The van der Waals surface area contributed by atoms with Crippen molar-refractivity contribution in [3.63, 3.8) is 0 Å². The topological polar surface area (TPSA) is 64.6 Å². The maximum Gasteiger partial charge on any atom is 0.306 e. The SMILES string of the molecule is Cc1cccc(OCCCC(=O)OCC(=O)Nc2ccc(C)cc2Br)c1. The molecule has 0 bridgehead atoms. The second-order valence-corrected chi connectivity index (χ2v) is 6.82. The molecule has 0 fully saturated rings. The average molecular weight is 420 g/mol. The van der Waals surface area contributed by atoms with Crippen molar-refractivity contribution in [1.82, 2.24) is 0 Å².